The molecule has 0 saturated heterocycles. The maximum absolute atomic E-state index is 12.1. The number of ether oxygens (including phenoxy) is 1. The van der Waals surface area contributed by atoms with Crippen LogP contribution in [0.15, 0.2) is 0 Å². The van der Waals surface area contributed by atoms with Gasteiger partial charge in [0.25, 0.3) is 0 Å². The van der Waals surface area contributed by atoms with Gasteiger partial charge in [0.1, 0.15) is 0 Å². The lowest BCUT2D eigenvalue weighted by Gasteiger charge is -2.39. The van der Waals surface area contributed by atoms with Gasteiger partial charge in [-0.25, -0.2) is 0 Å². The molecule has 19 heavy (non-hydrogen) atoms. The highest BCUT2D eigenvalue weighted by Crippen LogP contribution is 2.42. The van der Waals surface area contributed by atoms with E-state index in [-0.39, 0.29) is 11.9 Å². The zero-order valence-electron chi connectivity index (χ0n) is 13.3. The van der Waals surface area contributed by atoms with Crippen molar-refractivity contribution in [3.05, 3.63) is 0 Å². The molecule has 0 spiro atoms. The van der Waals surface area contributed by atoms with Gasteiger partial charge in [0.15, 0.2) is 0 Å². The van der Waals surface area contributed by atoms with E-state index in [0.717, 1.165) is 12.3 Å². The van der Waals surface area contributed by atoms with Crippen molar-refractivity contribution in [2.24, 2.45) is 17.3 Å². The van der Waals surface area contributed by atoms with Crippen LogP contribution in [0.2, 0.25) is 0 Å². The molecule has 1 aliphatic rings. The summed E-state index contributed by atoms with van der Waals surface area (Å²) in [6.07, 6.45) is 5.25. The molecule has 112 valence electrons. The summed E-state index contributed by atoms with van der Waals surface area (Å²) in [5, 5.41) is 3.09. The highest BCUT2D eigenvalue weighted by Gasteiger charge is 2.33. The van der Waals surface area contributed by atoms with Crippen LogP contribution in [0.1, 0.15) is 59.8 Å². The standard InChI is InChI=1S/C16H31NO2/c1-6-14(11-19-5)17-15(18)8-13-7-12(2)9-16(3,4)10-13/h12-14H,6-11H2,1-5H3,(H,17,18). The van der Waals surface area contributed by atoms with Crippen molar-refractivity contribution in [3.63, 3.8) is 0 Å². The van der Waals surface area contributed by atoms with Gasteiger partial charge >= 0.3 is 0 Å². The Labute approximate surface area is 118 Å². The monoisotopic (exact) mass is 269 g/mol. The highest BCUT2D eigenvalue weighted by atomic mass is 16.5. The number of carbonyl (C=O) groups is 1. The molecule has 1 amide bonds. The average Bonchev–Trinajstić information content (AvgIpc) is 2.25. The summed E-state index contributed by atoms with van der Waals surface area (Å²) in [4.78, 5) is 12.1. The van der Waals surface area contributed by atoms with Crippen LogP contribution in [-0.2, 0) is 9.53 Å². The Hall–Kier alpha value is -0.570. The van der Waals surface area contributed by atoms with Crippen LogP contribution in [-0.4, -0.2) is 25.7 Å². The minimum absolute atomic E-state index is 0.159. The van der Waals surface area contributed by atoms with Crippen LogP contribution < -0.4 is 5.32 Å². The van der Waals surface area contributed by atoms with E-state index in [1.807, 2.05) is 0 Å². The lowest BCUT2D eigenvalue weighted by Crippen LogP contribution is -2.39. The van der Waals surface area contributed by atoms with Crippen molar-refractivity contribution in [1.29, 1.82) is 0 Å². The Bertz CT molecular complexity index is 288. The molecule has 1 saturated carbocycles. The van der Waals surface area contributed by atoms with Gasteiger partial charge in [-0.05, 0) is 42.9 Å². The molecule has 0 bridgehead atoms. The Morgan fingerprint density at radius 3 is 2.63 bits per heavy atom. The molecule has 1 N–H and O–H groups in total. The van der Waals surface area contributed by atoms with Gasteiger partial charge in [0.05, 0.1) is 12.6 Å². The molecule has 0 radical (unpaired) electrons. The van der Waals surface area contributed by atoms with Gasteiger partial charge in [0, 0.05) is 13.5 Å². The average molecular weight is 269 g/mol. The summed E-state index contributed by atoms with van der Waals surface area (Å²) >= 11 is 0. The van der Waals surface area contributed by atoms with E-state index in [2.05, 4.69) is 33.0 Å². The molecule has 0 aliphatic heterocycles. The minimum Gasteiger partial charge on any atom is -0.383 e. The molecule has 0 heterocycles. The van der Waals surface area contributed by atoms with Crippen molar-refractivity contribution in [3.8, 4) is 0 Å². The van der Waals surface area contributed by atoms with Crippen LogP contribution >= 0.6 is 0 Å². The molecule has 0 aromatic heterocycles. The quantitative estimate of drug-likeness (QED) is 0.802. The van der Waals surface area contributed by atoms with E-state index >= 15 is 0 Å². The second-order valence-electron chi connectivity index (χ2n) is 7.11. The lowest BCUT2D eigenvalue weighted by atomic mass is 9.67. The fourth-order valence-corrected chi connectivity index (χ4v) is 3.71. The highest BCUT2D eigenvalue weighted by molar-refractivity contribution is 5.76. The van der Waals surface area contributed by atoms with E-state index in [9.17, 15) is 4.79 Å². The van der Waals surface area contributed by atoms with Crippen molar-refractivity contribution < 1.29 is 9.53 Å². The van der Waals surface area contributed by atoms with Crippen LogP contribution in [0.5, 0.6) is 0 Å². The number of nitrogens with one attached hydrogen (secondary N) is 1. The summed E-state index contributed by atoms with van der Waals surface area (Å²) in [6, 6.07) is 0.159. The molecule has 3 nitrogen and oxygen atoms in total. The summed E-state index contributed by atoms with van der Waals surface area (Å²) < 4.78 is 5.12. The van der Waals surface area contributed by atoms with Crippen LogP contribution in [0, 0.1) is 17.3 Å². The maximum Gasteiger partial charge on any atom is 0.220 e. The summed E-state index contributed by atoms with van der Waals surface area (Å²) in [6.45, 7) is 9.65. The number of hydrogen-bond donors (Lipinski definition) is 1. The Morgan fingerprint density at radius 2 is 2.11 bits per heavy atom. The first-order valence-corrected chi connectivity index (χ1v) is 7.64. The predicted octanol–water partition coefficient (Wildman–Crippen LogP) is 3.38. The van der Waals surface area contributed by atoms with Gasteiger partial charge in [-0.1, -0.05) is 27.7 Å². The zero-order chi connectivity index (χ0) is 14.5. The third kappa shape index (κ3) is 5.94. The fourth-order valence-electron chi connectivity index (χ4n) is 3.71. The van der Waals surface area contributed by atoms with Crippen molar-refractivity contribution >= 4 is 5.91 Å². The van der Waals surface area contributed by atoms with E-state index in [0.29, 0.717) is 24.4 Å². The molecular formula is C16H31NO2. The topological polar surface area (TPSA) is 38.3 Å². The third-order valence-corrected chi connectivity index (χ3v) is 4.18. The molecular weight excluding hydrogens is 238 g/mol. The maximum atomic E-state index is 12.1. The third-order valence-electron chi connectivity index (χ3n) is 4.18. The van der Waals surface area contributed by atoms with Gasteiger partial charge in [-0.3, -0.25) is 4.79 Å². The second kappa shape index (κ2) is 7.28. The molecule has 0 aromatic rings. The smallest absolute Gasteiger partial charge is 0.220 e. The molecule has 3 atom stereocenters. The van der Waals surface area contributed by atoms with Crippen molar-refractivity contribution in [1.82, 2.24) is 5.32 Å². The normalized spacial score (nSPS) is 27.8. The fraction of sp³-hybridized carbons (Fsp3) is 0.938. The van der Waals surface area contributed by atoms with Gasteiger partial charge in [0.2, 0.25) is 5.91 Å². The number of methoxy groups -OCH3 is 1. The number of rotatable bonds is 6. The van der Waals surface area contributed by atoms with E-state index < -0.39 is 0 Å². The molecule has 1 fully saturated rings. The van der Waals surface area contributed by atoms with Crippen LogP contribution in [0.25, 0.3) is 0 Å². The summed E-state index contributed by atoms with van der Waals surface area (Å²) in [7, 11) is 1.68. The van der Waals surface area contributed by atoms with Crippen LogP contribution in [0.4, 0.5) is 0 Å². The number of amides is 1. The summed E-state index contributed by atoms with van der Waals surface area (Å²) in [5.41, 5.74) is 0.388. The molecule has 3 unspecified atom stereocenters. The summed E-state index contributed by atoms with van der Waals surface area (Å²) in [5.74, 6) is 1.47. The Morgan fingerprint density at radius 1 is 1.42 bits per heavy atom. The predicted molar refractivity (Wildman–Crippen MR) is 79.0 cm³/mol. The van der Waals surface area contributed by atoms with Crippen molar-refractivity contribution in [2.75, 3.05) is 13.7 Å². The molecule has 0 aromatic carbocycles. The van der Waals surface area contributed by atoms with Crippen molar-refractivity contribution in [2.45, 2.75) is 65.8 Å². The van der Waals surface area contributed by atoms with E-state index in [1.54, 1.807) is 7.11 Å². The Balaban J connectivity index is 2.43. The van der Waals surface area contributed by atoms with Gasteiger partial charge in [-0.2, -0.15) is 0 Å². The van der Waals surface area contributed by atoms with E-state index in [4.69, 9.17) is 4.74 Å². The molecule has 1 aliphatic carbocycles. The molecule has 3 heteroatoms. The van der Waals surface area contributed by atoms with Gasteiger partial charge in [-0.15, -0.1) is 0 Å². The number of hydrogen-bond acceptors (Lipinski definition) is 2. The first kappa shape index (κ1) is 16.5. The van der Waals surface area contributed by atoms with Crippen LogP contribution in [0.3, 0.4) is 0 Å². The molecule has 1 rings (SSSR count). The number of carbonyl (C=O) groups excluding carboxylic acids is 1. The zero-order valence-corrected chi connectivity index (χ0v) is 13.3. The van der Waals surface area contributed by atoms with Gasteiger partial charge < -0.3 is 10.1 Å². The second-order valence-corrected chi connectivity index (χ2v) is 7.11. The minimum atomic E-state index is 0.159. The SMILES string of the molecule is CCC(COC)NC(=O)CC1CC(C)CC(C)(C)C1. The Kier molecular flexibility index (Phi) is 6.31. The first-order chi connectivity index (χ1) is 8.86. The largest absolute Gasteiger partial charge is 0.383 e. The lowest BCUT2D eigenvalue weighted by molar-refractivity contribution is -0.123. The van der Waals surface area contributed by atoms with E-state index in [1.165, 1.54) is 19.3 Å². The first-order valence-electron chi connectivity index (χ1n) is 7.64.